The molecule has 1 aliphatic rings. The maximum atomic E-state index is 5.62. The van der Waals surface area contributed by atoms with Crippen molar-refractivity contribution in [1.29, 1.82) is 0 Å². The SMILES string of the molecule is CC(C)CNCc1coc(N(C)CCOCC2CC2)n1. The van der Waals surface area contributed by atoms with Crippen molar-refractivity contribution in [3.05, 3.63) is 12.0 Å². The molecule has 5 heteroatoms. The van der Waals surface area contributed by atoms with Gasteiger partial charge < -0.3 is 19.4 Å². The Labute approximate surface area is 121 Å². The highest BCUT2D eigenvalue weighted by Gasteiger charge is 2.21. The first kappa shape index (κ1) is 15.3. The van der Waals surface area contributed by atoms with E-state index in [9.17, 15) is 0 Å². The van der Waals surface area contributed by atoms with Crippen LogP contribution in [0.15, 0.2) is 10.7 Å². The van der Waals surface area contributed by atoms with Crippen LogP contribution in [0.4, 0.5) is 6.01 Å². The average molecular weight is 281 g/mol. The van der Waals surface area contributed by atoms with Crippen LogP contribution in [0.3, 0.4) is 0 Å². The summed E-state index contributed by atoms with van der Waals surface area (Å²) in [5.74, 6) is 1.47. The van der Waals surface area contributed by atoms with Gasteiger partial charge in [0.1, 0.15) is 6.26 Å². The molecule has 5 nitrogen and oxygen atoms in total. The van der Waals surface area contributed by atoms with Crippen LogP contribution in [0.5, 0.6) is 0 Å². The Balaban J connectivity index is 1.64. The lowest BCUT2D eigenvalue weighted by molar-refractivity contribution is 0.130. The lowest BCUT2D eigenvalue weighted by Crippen LogP contribution is -2.23. The normalized spacial score (nSPS) is 15.0. The van der Waals surface area contributed by atoms with Gasteiger partial charge in [-0.25, -0.2) is 0 Å². The van der Waals surface area contributed by atoms with Gasteiger partial charge >= 0.3 is 0 Å². The first-order valence-corrected chi connectivity index (χ1v) is 7.59. The Morgan fingerprint density at radius 1 is 1.50 bits per heavy atom. The van der Waals surface area contributed by atoms with E-state index in [4.69, 9.17) is 9.15 Å². The molecule has 0 radical (unpaired) electrons. The Hall–Kier alpha value is -1.07. The molecule has 0 unspecified atom stereocenters. The van der Waals surface area contributed by atoms with E-state index in [1.54, 1.807) is 6.26 Å². The summed E-state index contributed by atoms with van der Waals surface area (Å²) in [6, 6.07) is 0.668. The summed E-state index contributed by atoms with van der Waals surface area (Å²) in [7, 11) is 1.98. The minimum Gasteiger partial charge on any atom is -0.432 e. The first-order chi connectivity index (χ1) is 9.65. The van der Waals surface area contributed by atoms with Crippen molar-refractivity contribution < 1.29 is 9.15 Å². The first-order valence-electron chi connectivity index (χ1n) is 7.59. The monoisotopic (exact) mass is 281 g/mol. The molecule has 1 aromatic rings. The molecule has 0 bridgehead atoms. The summed E-state index contributed by atoms with van der Waals surface area (Å²) < 4.78 is 11.1. The second-order valence-corrected chi connectivity index (χ2v) is 6.09. The molecule has 0 aliphatic heterocycles. The summed E-state index contributed by atoms with van der Waals surface area (Å²) in [5, 5.41) is 3.36. The number of nitrogens with one attached hydrogen (secondary N) is 1. The van der Waals surface area contributed by atoms with E-state index >= 15 is 0 Å². The largest absolute Gasteiger partial charge is 0.432 e. The van der Waals surface area contributed by atoms with Crippen molar-refractivity contribution in [1.82, 2.24) is 10.3 Å². The highest BCUT2D eigenvalue weighted by Crippen LogP contribution is 2.28. The summed E-state index contributed by atoms with van der Waals surface area (Å²) in [4.78, 5) is 6.47. The zero-order valence-electron chi connectivity index (χ0n) is 12.9. The standard InChI is InChI=1S/C15H27N3O2/c1-12(2)8-16-9-14-11-20-15(17-14)18(3)6-7-19-10-13-4-5-13/h11-13,16H,4-10H2,1-3H3. The lowest BCUT2D eigenvalue weighted by Gasteiger charge is -2.14. The van der Waals surface area contributed by atoms with Crippen LogP contribution in [-0.2, 0) is 11.3 Å². The fourth-order valence-corrected chi connectivity index (χ4v) is 1.87. The van der Waals surface area contributed by atoms with Gasteiger partial charge in [-0.05, 0) is 31.2 Å². The van der Waals surface area contributed by atoms with Crippen molar-refractivity contribution in [3.63, 3.8) is 0 Å². The molecule has 0 spiro atoms. The number of hydrogen-bond donors (Lipinski definition) is 1. The fourth-order valence-electron chi connectivity index (χ4n) is 1.87. The third-order valence-corrected chi connectivity index (χ3v) is 3.35. The maximum Gasteiger partial charge on any atom is 0.297 e. The second-order valence-electron chi connectivity index (χ2n) is 6.09. The zero-order valence-corrected chi connectivity index (χ0v) is 12.9. The number of aromatic nitrogens is 1. The van der Waals surface area contributed by atoms with Crippen molar-refractivity contribution in [3.8, 4) is 0 Å². The summed E-state index contributed by atoms with van der Waals surface area (Å²) >= 11 is 0. The number of oxazole rings is 1. The van der Waals surface area contributed by atoms with Crippen LogP contribution >= 0.6 is 0 Å². The molecule has 0 saturated heterocycles. The van der Waals surface area contributed by atoms with Gasteiger partial charge in [0, 0.05) is 26.7 Å². The van der Waals surface area contributed by atoms with Crippen LogP contribution in [0.2, 0.25) is 0 Å². The van der Waals surface area contributed by atoms with E-state index in [1.165, 1.54) is 12.8 Å². The van der Waals surface area contributed by atoms with Crippen LogP contribution < -0.4 is 10.2 Å². The quantitative estimate of drug-likeness (QED) is 0.667. The lowest BCUT2D eigenvalue weighted by atomic mass is 10.2. The third-order valence-electron chi connectivity index (χ3n) is 3.35. The van der Waals surface area contributed by atoms with Crippen molar-refractivity contribution in [2.75, 3.05) is 38.3 Å². The number of hydrogen-bond acceptors (Lipinski definition) is 5. The summed E-state index contributed by atoms with van der Waals surface area (Å²) in [6.45, 7) is 8.58. The number of ether oxygens (including phenoxy) is 1. The molecule has 0 atom stereocenters. The molecule has 1 saturated carbocycles. The van der Waals surface area contributed by atoms with Crippen molar-refractivity contribution >= 4 is 6.01 Å². The highest BCUT2D eigenvalue weighted by molar-refractivity contribution is 5.25. The molecule has 114 valence electrons. The highest BCUT2D eigenvalue weighted by atomic mass is 16.5. The minimum absolute atomic E-state index is 0.646. The van der Waals surface area contributed by atoms with E-state index in [0.717, 1.165) is 44.5 Å². The van der Waals surface area contributed by atoms with E-state index < -0.39 is 0 Å². The van der Waals surface area contributed by atoms with Gasteiger partial charge in [-0.2, -0.15) is 4.98 Å². The Kier molecular flexibility index (Phi) is 5.86. The number of anilines is 1. The van der Waals surface area contributed by atoms with Crippen LogP contribution in [-0.4, -0.2) is 38.3 Å². The van der Waals surface area contributed by atoms with Crippen molar-refractivity contribution in [2.45, 2.75) is 33.2 Å². The van der Waals surface area contributed by atoms with Gasteiger partial charge in [-0.15, -0.1) is 0 Å². The van der Waals surface area contributed by atoms with Crippen molar-refractivity contribution in [2.24, 2.45) is 11.8 Å². The summed E-state index contributed by atoms with van der Waals surface area (Å²) in [5.41, 5.74) is 0.950. The molecule has 1 aromatic heterocycles. The van der Waals surface area contributed by atoms with E-state index in [2.05, 4.69) is 24.1 Å². The number of rotatable bonds is 10. The van der Waals surface area contributed by atoms with E-state index in [-0.39, 0.29) is 0 Å². The fraction of sp³-hybridized carbons (Fsp3) is 0.800. The molecule has 1 heterocycles. The molecule has 1 N–H and O–H groups in total. The Bertz CT molecular complexity index is 388. The van der Waals surface area contributed by atoms with Gasteiger partial charge in [0.05, 0.1) is 12.3 Å². The third kappa shape index (κ3) is 5.51. The minimum atomic E-state index is 0.646. The van der Waals surface area contributed by atoms with Gasteiger partial charge in [0.25, 0.3) is 6.01 Å². The predicted octanol–water partition coefficient (Wildman–Crippen LogP) is 2.28. The maximum absolute atomic E-state index is 5.62. The smallest absolute Gasteiger partial charge is 0.297 e. The predicted molar refractivity (Wildman–Crippen MR) is 79.9 cm³/mol. The van der Waals surface area contributed by atoms with Gasteiger partial charge in [-0.3, -0.25) is 0 Å². The van der Waals surface area contributed by atoms with Gasteiger partial charge in [0.2, 0.25) is 0 Å². The molecule has 1 aliphatic carbocycles. The number of nitrogens with zero attached hydrogens (tertiary/aromatic N) is 2. The molecular weight excluding hydrogens is 254 g/mol. The molecule has 20 heavy (non-hydrogen) atoms. The molecule has 0 aromatic carbocycles. The van der Waals surface area contributed by atoms with Crippen LogP contribution in [0.25, 0.3) is 0 Å². The number of likely N-dealkylation sites (N-methyl/N-ethyl adjacent to an activating group) is 1. The average Bonchev–Trinajstić information content (AvgIpc) is 3.11. The summed E-state index contributed by atoms with van der Waals surface area (Å²) in [6.07, 6.45) is 4.40. The Morgan fingerprint density at radius 2 is 2.30 bits per heavy atom. The van der Waals surface area contributed by atoms with Crippen LogP contribution in [0, 0.1) is 11.8 Å². The van der Waals surface area contributed by atoms with E-state index in [0.29, 0.717) is 11.9 Å². The zero-order chi connectivity index (χ0) is 14.4. The molecule has 0 amide bonds. The topological polar surface area (TPSA) is 50.5 Å². The Morgan fingerprint density at radius 3 is 3.00 bits per heavy atom. The molecule has 1 fully saturated rings. The van der Waals surface area contributed by atoms with Gasteiger partial charge in [-0.1, -0.05) is 13.8 Å². The second kappa shape index (κ2) is 7.64. The van der Waals surface area contributed by atoms with E-state index in [1.807, 2.05) is 11.9 Å². The van der Waals surface area contributed by atoms with Crippen LogP contribution in [0.1, 0.15) is 32.4 Å². The molecular formula is C15H27N3O2. The molecule has 2 rings (SSSR count). The van der Waals surface area contributed by atoms with Gasteiger partial charge in [0.15, 0.2) is 0 Å².